The van der Waals surface area contributed by atoms with Gasteiger partial charge in [-0.25, -0.2) is 0 Å². The number of phenols is 7. The molecule has 7 heteroatoms. The van der Waals surface area contributed by atoms with Crippen LogP contribution in [0.1, 0.15) is 76.4 Å². The van der Waals surface area contributed by atoms with Gasteiger partial charge in [-0.1, -0.05) is 135 Å². The normalized spacial score (nSPS) is 9.74. The van der Waals surface area contributed by atoms with E-state index in [1.165, 1.54) is 22.3 Å². The maximum Gasteiger partial charge on any atom is 0.121 e. The molecule has 0 saturated heterocycles. The molecule has 0 aliphatic heterocycles. The van der Waals surface area contributed by atoms with Crippen molar-refractivity contribution in [2.24, 2.45) is 0 Å². The lowest BCUT2D eigenvalue weighted by atomic mass is 9.87. The lowest BCUT2D eigenvalue weighted by Gasteiger charge is -2.18. The van der Waals surface area contributed by atoms with Gasteiger partial charge in [-0.2, -0.15) is 0 Å². The third kappa shape index (κ3) is 22.5. The van der Waals surface area contributed by atoms with E-state index in [2.05, 4.69) is 20.8 Å². The van der Waals surface area contributed by atoms with Crippen LogP contribution in [0.2, 0.25) is 0 Å². The van der Waals surface area contributed by atoms with Crippen LogP contribution < -0.4 is 0 Å². The van der Waals surface area contributed by atoms with Crippen molar-refractivity contribution in [3.63, 3.8) is 0 Å². The topological polar surface area (TPSA) is 142 Å². The van der Waals surface area contributed by atoms with Gasteiger partial charge in [-0.05, 0) is 161 Å². The zero-order chi connectivity index (χ0) is 47.0. The smallest absolute Gasteiger partial charge is 0.121 e. The fraction of sp³-hybridized carbons (Fsp3) is 0.236. The van der Waals surface area contributed by atoms with Crippen LogP contribution in [0.3, 0.4) is 0 Å². The predicted octanol–water partition coefficient (Wildman–Crippen LogP) is 13.8. The fourth-order valence-corrected chi connectivity index (χ4v) is 5.35. The Hall–Kier alpha value is -6.86. The van der Waals surface area contributed by atoms with Gasteiger partial charge in [0.25, 0.3) is 0 Å². The molecular weight excluding hydrogens is 773 g/mol. The Morgan fingerprint density at radius 1 is 0.290 bits per heavy atom. The van der Waals surface area contributed by atoms with Gasteiger partial charge in [0.15, 0.2) is 0 Å². The van der Waals surface area contributed by atoms with E-state index in [1.807, 2.05) is 147 Å². The molecule has 0 aliphatic carbocycles. The summed E-state index contributed by atoms with van der Waals surface area (Å²) in [6, 6.07) is 45.5. The SMILES string of the molecule is CC(C)(C)c1ccc(O)cc1.Cc1cc(C)c(O)c(C)c1.Cc1ccc(O)c(C)c1.Cc1ccc(O)cc1.Cc1cccc(C)c1O.Cc1cccc(O)c1.Oc1ccccc1. The molecule has 7 N–H and O–H groups in total. The van der Waals surface area contributed by atoms with E-state index in [9.17, 15) is 10.2 Å². The number of hydrogen-bond acceptors (Lipinski definition) is 7. The van der Waals surface area contributed by atoms with Gasteiger partial charge in [-0.3, -0.25) is 0 Å². The summed E-state index contributed by atoms with van der Waals surface area (Å²) in [5.74, 6) is 2.53. The lowest BCUT2D eigenvalue weighted by Crippen LogP contribution is -2.10. The average Bonchev–Trinajstić information content (AvgIpc) is 3.20. The van der Waals surface area contributed by atoms with Crippen LogP contribution in [0, 0.1) is 62.3 Å². The highest BCUT2D eigenvalue weighted by Gasteiger charge is 2.12. The first kappa shape index (κ1) is 53.2. The third-order valence-electron chi connectivity index (χ3n) is 8.95. The molecule has 62 heavy (non-hydrogen) atoms. The van der Waals surface area contributed by atoms with Crippen LogP contribution in [0.25, 0.3) is 0 Å². The standard InChI is InChI=1S/C10H14O.C9H12O.2C8H10O.2C7H8O.C6H6O/c1-10(2,3)8-4-6-9(11)7-5-8;1-6-4-7(2)9(10)8(3)5-6;1-6-3-4-8(9)7(2)5-6;1-6-4-3-5-7(2)8(6)9;1-6-2-4-7(8)5-3-6;1-6-3-2-4-7(8)5-6;7-6-4-2-1-3-5-6/h4-7,11H,1-3H3;4-5,10H,1-3H3;2*3-5,9H,1-2H3;2*2-5,8H,1H3;1-5,7H. The van der Waals surface area contributed by atoms with E-state index in [0.29, 0.717) is 40.2 Å². The molecular formula is C55H68O7. The Bertz CT molecular complexity index is 2240. The highest BCUT2D eigenvalue weighted by Crippen LogP contribution is 2.24. The Kier molecular flexibility index (Phi) is 23.2. The van der Waals surface area contributed by atoms with Crippen molar-refractivity contribution in [1.29, 1.82) is 0 Å². The molecule has 7 aromatic carbocycles. The minimum Gasteiger partial charge on any atom is -0.508 e. The van der Waals surface area contributed by atoms with Crippen molar-refractivity contribution in [2.45, 2.75) is 88.5 Å². The Morgan fingerprint density at radius 2 is 0.677 bits per heavy atom. The lowest BCUT2D eigenvalue weighted by molar-refractivity contribution is 0.466. The zero-order valence-electron chi connectivity index (χ0n) is 38.6. The zero-order valence-corrected chi connectivity index (χ0v) is 38.6. The maximum absolute atomic E-state index is 9.33. The second kappa shape index (κ2) is 27.1. The number of aromatic hydroxyl groups is 7. The first-order chi connectivity index (χ1) is 29.0. The molecule has 0 unspecified atom stereocenters. The van der Waals surface area contributed by atoms with Crippen LogP contribution in [0.4, 0.5) is 0 Å². The molecule has 0 aliphatic rings. The molecule has 0 spiro atoms. The molecule has 0 fully saturated rings. The summed E-state index contributed by atoms with van der Waals surface area (Å²) in [7, 11) is 0. The Balaban J connectivity index is 0.000000363. The highest BCUT2D eigenvalue weighted by atomic mass is 16.3. The van der Waals surface area contributed by atoms with Gasteiger partial charge < -0.3 is 35.7 Å². The van der Waals surface area contributed by atoms with Crippen molar-refractivity contribution >= 4 is 0 Å². The van der Waals surface area contributed by atoms with Crippen molar-refractivity contribution in [2.75, 3.05) is 0 Å². The molecule has 0 bridgehead atoms. The summed E-state index contributed by atoms with van der Waals surface area (Å²) in [4.78, 5) is 0. The molecule has 0 aromatic heterocycles. The van der Waals surface area contributed by atoms with E-state index in [0.717, 1.165) is 33.4 Å². The molecule has 7 aromatic rings. The largest absolute Gasteiger partial charge is 0.508 e. The first-order valence-electron chi connectivity index (χ1n) is 20.3. The second-order valence-corrected chi connectivity index (χ2v) is 16.1. The second-order valence-electron chi connectivity index (χ2n) is 16.1. The quantitative estimate of drug-likeness (QED) is 0.0806. The fourth-order valence-electron chi connectivity index (χ4n) is 5.35. The predicted molar refractivity (Wildman–Crippen MR) is 258 cm³/mol. The van der Waals surface area contributed by atoms with Crippen LogP contribution in [0.5, 0.6) is 40.2 Å². The van der Waals surface area contributed by atoms with Crippen molar-refractivity contribution in [3.05, 3.63) is 207 Å². The van der Waals surface area contributed by atoms with E-state index in [1.54, 1.807) is 66.7 Å². The first-order valence-corrected chi connectivity index (χ1v) is 20.3. The van der Waals surface area contributed by atoms with E-state index < -0.39 is 0 Å². The third-order valence-corrected chi connectivity index (χ3v) is 8.95. The molecule has 7 nitrogen and oxygen atoms in total. The molecule has 0 radical (unpaired) electrons. The van der Waals surface area contributed by atoms with Gasteiger partial charge in [0, 0.05) is 0 Å². The molecule has 0 saturated carbocycles. The van der Waals surface area contributed by atoms with Gasteiger partial charge >= 0.3 is 0 Å². The summed E-state index contributed by atoms with van der Waals surface area (Å²) in [6.07, 6.45) is 0. The Morgan fingerprint density at radius 3 is 1.03 bits per heavy atom. The molecule has 7 rings (SSSR count). The molecule has 0 amide bonds. The number of hydrogen-bond donors (Lipinski definition) is 7. The average molecular weight is 841 g/mol. The van der Waals surface area contributed by atoms with Crippen molar-refractivity contribution in [1.82, 2.24) is 0 Å². The summed E-state index contributed by atoms with van der Waals surface area (Å²) in [5, 5.41) is 62.8. The van der Waals surface area contributed by atoms with Crippen LogP contribution >= 0.6 is 0 Å². The number of para-hydroxylation sites is 2. The van der Waals surface area contributed by atoms with Crippen molar-refractivity contribution in [3.8, 4) is 40.2 Å². The van der Waals surface area contributed by atoms with Gasteiger partial charge in [-0.15, -0.1) is 0 Å². The minimum atomic E-state index is 0.174. The van der Waals surface area contributed by atoms with Crippen molar-refractivity contribution < 1.29 is 35.7 Å². The van der Waals surface area contributed by atoms with E-state index >= 15 is 0 Å². The number of phenolic OH excluding ortho intramolecular Hbond substituents is 7. The molecule has 330 valence electrons. The number of benzene rings is 7. The van der Waals surface area contributed by atoms with Gasteiger partial charge in [0.1, 0.15) is 40.2 Å². The van der Waals surface area contributed by atoms with Crippen LogP contribution in [-0.2, 0) is 5.41 Å². The monoisotopic (exact) mass is 840 g/mol. The minimum absolute atomic E-state index is 0.174. The maximum atomic E-state index is 9.33. The number of aryl methyl sites for hydroxylation is 9. The summed E-state index contributed by atoms with van der Waals surface area (Å²) < 4.78 is 0. The van der Waals surface area contributed by atoms with E-state index in [4.69, 9.17) is 25.5 Å². The van der Waals surface area contributed by atoms with Crippen LogP contribution in [0.15, 0.2) is 152 Å². The summed E-state index contributed by atoms with van der Waals surface area (Å²) in [5.41, 5.74) is 10.8. The van der Waals surface area contributed by atoms with Crippen LogP contribution in [-0.4, -0.2) is 35.7 Å². The van der Waals surface area contributed by atoms with Gasteiger partial charge in [0.05, 0.1) is 0 Å². The molecule has 0 atom stereocenters. The summed E-state index contributed by atoms with van der Waals surface area (Å²) >= 11 is 0. The highest BCUT2D eigenvalue weighted by molar-refractivity contribution is 5.42. The number of rotatable bonds is 0. The summed E-state index contributed by atoms with van der Waals surface area (Å²) in [6.45, 7) is 23.9. The van der Waals surface area contributed by atoms with Gasteiger partial charge in [0.2, 0.25) is 0 Å². The molecule has 0 heterocycles. The van der Waals surface area contributed by atoms with E-state index in [-0.39, 0.29) is 5.41 Å². The Labute approximate surface area is 370 Å².